The normalized spacial score (nSPS) is 14.7. The molecule has 0 bridgehead atoms. The van der Waals surface area contributed by atoms with Crippen LogP contribution < -0.4 is 5.19 Å². The molecule has 0 aliphatic heterocycles. The molecule has 0 spiro atoms. The lowest BCUT2D eigenvalue weighted by molar-refractivity contribution is 0.0964. The maximum atomic E-state index is 15.2. The van der Waals surface area contributed by atoms with Crippen molar-refractivity contribution in [1.29, 1.82) is 5.26 Å². The zero-order valence-corrected chi connectivity index (χ0v) is 15.4. The van der Waals surface area contributed by atoms with E-state index in [2.05, 4.69) is 0 Å². The number of ketones is 1. The summed E-state index contributed by atoms with van der Waals surface area (Å²) in [6, 6.07) is 3.68. The quantitative estimate of drug-likeness (QED) is 0.543. The lowest BCUT2D eigenvalue weighted by Gasteiger charge is -2.30. The number of hydrogen-bond donors (Lipinski definition) is 0. The lowest BCUT2D eigenvalue weighted by atomic mass is 10.0. The second-order valence-electron chi connectivity index (χ2n) is 6.16. The highest BCUT2D eigenvalue weighted by molar-refractivity contribution is 6.92. The average molecular weight is 356 g/mol. The first-order chi connectivity index (χ1) is 10.9. The van der Waals surface area contributed by atoms with Crippen LogP contribution >= 0.6 is 11.6 Å². The Morgan fingerprint density at radius 2 is 1.74 bits per heavy atom. The molecule has 1 aromatic rings. The molecule has 1 saturated carbocycles. The van der Waals surface area contributed by atoms with E-state index in [1.165, 1.54) is 0 Å². The van der Waals surface area contributed by atoms with Crippen molar-refractivity contribution in [2.45, 2.75) is 51.7 Å². The standard InChI is InChI=1S/C17H20ClF2NOSi/c1-4-23(5-2,6-3)17-14(19)11(9-21)13(18)12(15(17)20)16(22)10-7-8-10/h10H,4-8H2,1-3H3. The number of hydrogen-bond acceptors (Lipinski definition) is 2. The Kier molecular flexibility index (Phi) is 5.27. The number of Topliss-reactive ketones (excluding diaryl/α,β-unsaturated/α-hetero) is 1. The van der Waals surface area contributed by atoms with Crippen LogP contribution in [0.1, 0.15) is 49.5 Å². The van der Waals surface area contributed by atoms with E-state index in [1.807, 2.05) is 20.8 Å². The molecule has 0 N–H and O–H groups in total. The number of benzene rings is 1. The van der Waals surface area contributed by atoms with Gasteiger partial charge in [0.1, 0.15) is 23.3 Å². The number of carbonyl (C=O) groups excluding carboxylic acids is 1. The summed E-state index contributed by atoms with van der Waals surface area (Å²) in [7, 11) is -2.46. The van der Waals surface area contributed by atoms with E-state index in [4.69, 9.17) is 11.6 Å². The predicted octanol–water partition coefficient (Wildman–Crippen LogP) is 4.80. The van der Waals surface area contributed by atoms with Crippen LogP contribution in [0.3, 0.4) is 0 Å². The van der Waals surface area contributed by atoms with E-state index in [0.29, 0.717) is 31.0 Å². The van der Waals surface area contributed by atoms with Crippen molar-refractivity contribution in [3.8, 4) is 6.07 Å². The van der Waals surface area contributed by atoms with Gasteiger partial charge < -0.3 is 0 Å². The molecular formula is C17H20ClF2NOSi. The fourth-order valence-corrected chi connectivity index (χ4v) is 7.32. The maximum absolute atomic E-state index is 15.2. The SMILES string of the molecule is CC[Si](CC)(CC)c1c(F)c(C#N)c(Cl)c(C(=O)C2CC2)c1F. The minimum Gasteiger partial charge on any atom is -0.294 e. The molecule has 1 aliphatic rings. The summed E-state index contributed by atoms with van der Waals surface area (Å²) in [4.78, 5) is 12.4. The molecule has 2 rings (SSSR count). The number of halogens is 3. The maximum Gasteiger partial charge on any atom is 0.170 e. The van der Waals surface area contributed by atoms with Gasteiger partial charge in [-0.1, -0.05) is 50.5 Å². The summed E-state index contributed by atoms with van der Waals surface area (Å²) in [5.74, 6) is -2.32. The molecule has 23 heavy (non-hydrogen) atoms. The van der Waals surface area contributed by atoms with Gasteiger partial charge in [0.2, 0.25) is 0 Å². The molecule has 0 atom stereocenters. The first-order valence-corrected chi connectivity index (χ1v) is 11.0. The van der Waals surface area contributed by atoms with E-state index in [9.17, 15) is 14.4 Å². The van der Waals surface area contributed by atoms with Gasteiger partial charge in [-0.15, -0.1) is 0 Å². The Hall–Kier alpha value is -1.25. The van der Waals surface area contributed by atoms with Crippen LogP contribution in [0, 0.1) is 28.9 Å². The number of nitrogens with zero attached hydrogens (tertiary/aromatic N) is 1. The number of rotatable bonds is 6. The highest BCUT2D eigenvalue weighted by Gasteiger charge is 2.42. The second kappa shape index (κ2) is 6.70. The molecule has 124 valence electrons. The van der Waals surface area contributed by atoms with Crippen molar-refractivity contribution >= 4 is 30.6 Å². The molecule has 0 amide bonds. The van der Waals surface area contributed by atoms with Crippen LogP contribution in [-0.2, 0) is 0 Å². The number of nitriles is 1. The van der Waals surface area contributed by atoms with Gasteiger partial charge in [0.05, 0.1) is 18.7 Å². The van der Waals surface area contributed by atoms with Crippen LogP contribution in [0.2, 0.25) is 23.2 Å². The molecule has 0 unspecified atom stereocenters. The minimum atomic E-state index is -2.46. The van der Waals surface area contributed by atoms with Crippen molar-refractivity contribution in [3.63, 3.8) is 0 Å². The molecule has 1 aliphatic carbocycles. The fourth-order valence-electron chi connectivity index (χ4n) is 3.27. The van der Waals surface area contributed by atoms with E-state index in [-0.39, 0.29) is 27.3 Å². The largest absolute Gasteiger partial charge is 0.294 e. The zero-order chi connectivity index (χ0) is 17.4. The van der Waals surface area contributed by atoms with Crippen molar-refractivity contribution in [3.05, 3.63) is 27.8 Å². The summed E-state index contributed by atoms with van der Waals surface area (Å²) in [6.07, 6.45) is 1.39. The lowest BCUT2D eigenvalue weighted by Crippen LogP contribution is -2.50. The van der Waals surface area contributed by atoms with Gasteiger partial charge in [0.25, 0.3) is 0 Å². The van der Waals surface area contributed by atoms with E-state index < -0.39 is 25.5 Å². The van der Waals surface area contributed by atoms with Crippen LogP contribution in [0.25, 0.3) is 0 Å². The first-order valence-electron chi connectivity index (χ1n) is 8.03. The van der Waals surface area contributed by atoms with Gasteiger partial charge in [-0.05, 0) is 12.8 Å². The van der Waals surface area contributed by atoms with Crippen LogP contribution in [0.5, 0.6) is 0 Å². The van der Waals surface area contributed by atoms with Crippen LogP contribution in [-0.4, -0.2) is 13.9 Å². The van der Waals surface area contributed by atoms with Crippen molar-refractivity contribution in [1.82, 2.24) is 0 Å². The summed E-state index contributed by atoms with van der Waals surface area (Å²) in [6.45, 7) is 5.75. The third-order valence-corrected chi connectivity index (χ3v) is 11.1. The minimum absolute atomic E-state index is 0.0186. The number of carbonyl (C=O) groups is 1. The summed E-state index contributed by atoms with van der Waals surface area (Å²) in [5.41, 5.74) is -0.659. The highest BCUT2D eigenvalue weighted by atomic mass is 35.5. The van der Waals surface area contributed by atoms with Gasteiger partial charge in [0, 0.05) is 11.1 Å². The van der Waals surface area contributed by atoms with Gasteiger partial charge in [-0.2, -0.15) is 5.26 Å². The Balaban J connectivity index is 2.84. The van der Waals surface area contributed by atoms with Crippen molar-refractivity contribution in [2.75, 3.05) is 0 Å². The second-order valence-corrected chi connectivity index (χ2v) is 11.7. The summed E-state index contributed by atoms with van der Waals surface area (Å²) in [5, 5.41) is 8.88. The Morgan fingerprint density at radius 3 is 2.13 bits per heavy atom. The molecule has 0 aromatic heterocycles. The molecule has 1 aromatic carbocycles. The third kappa shape index (κ3) is 2.83. The molecule has 0 radical (unpaired) electrons. The third-order valence-electron chi connectivity index (χ3n) is 5.18. The monoisotopic (exact) mass is 355 g/mol. The zero-order valence-electron chi connectivity index (χ0n) is 13.6. The summed E-state index contributed by atoms with van der Waals surface area (Å²) >= 11 is 6.03. The van der Waals surface area contributed by atoms with Crippen molar-refractivity contribution < 1.29 is 13.6 Å². The first kappa shape index (κ1) is 18.1. The Bertz CT molecular complexity index is 683. The van der Waals surface area contributed by atoms with E-state index >= 15 is 4.39 Å². The Labute approximate surface area is 141 Å². The molecule has 2 nitrogen and oxygen atoms in total. The van der Waals surface area contributed by atoms with Crippen molar-refractivity contribution in [2.24, 2.45) is 5.92 Å². The van der Waals surface area contributed by atoms with Crippen LogP contribution in [0.4, 0.5) is 8.78 Å². The van der Waals surface area contributed by atoms with Gasteiger partial charge in [-0.25, -0.2) is 8.78 Å². The molecule has 1 fully saturated rings. The molecular weight excluding hydrogens is 336 g/mol. The summed E-state index contributed by atoms with van der Waals surface area (Å²) < 4.78 is 30.1. The molecule has 0 heterocycles. The van der Waals surface area contributed by atoms with Gasteiger partial charge >= 0.3 is 0 Å². The van der Waals surface area contributed by atoms with E-state index in [0.717, 1.165) is 0 Å². The Morgan fingerprint density at radius 1 is 1.22 bits per heavy atom. The molecule has 6 heteroatoms. The van der Waals surface area contributed by atoms with Crippen LogP contribution in [0.15, 0.2) is 0 Å². The van der Waals surface area contributed by atoms with E-state index in [1.54, 1.807) is 6.07 Å². The topological polar surface area (TPSA) is 40.9 Å². The van der Waals surface area contributed by atoms with Gasteiger partial charge in [0.15, 0.2) is 5.78 Å². The predicted molar refractivity (Wildman–Crippen MR) is 90.0 cm³/mol. The molecule has 0 saturated heterocycles. The smallest absolute Gasteiger partial charge is 0.170 e. The highest BCUT2D eigenvalue weighted by Crippen LogP contribution is 2.38. The average Bonchev–Trinajstić information content (AvgIpc) is 3.37. The van der Waals surface area contributed by atoms with Gasteiger partial charge in [-0.3, -0.25) is 4.79 Å². The fraction of sp³-hybridized carbons (Fsp3) is 0.529.